The van der Waals surface area contributed by atoms with E-state index in [1.165, 1.54) is 11.1 Å². The number of carbonyl (C=O) groups excluding carboxylic acids is 1. The van der Waals surface area contributed by atoms with Crippen molar-refractivity contribution in [3.05, 3.63) is 102 Å². The molecule has 172 valence electrons. The Hall–Kier alpha value is -3.15. The summed E-state index contributed by atoms with van der Waals surface area (Å²) in [5, 5.41) is 14.2. The van der Waals surface area contributed by atoms with Crippen LogP contribution in [0.25, 0.3) is 0 Å². The fraction of sp³-hybridized carbons (Fsp3) is 0.321. The molecule has 1 amide bonds. The molecule has 3 atom stereocenters. The normalized spacial score (nSPS) is 17.9. The van der Waals surface area contributed by atoms with Crippen LogP contribution in [0.1, 0.15) is 23.6 Å². The quantitative estimate of drug-likeness (QED) is 0.566. The second kappa shape index (κ2) is 11.1. The summed E-state index contributed by atoms with van der Waals surface area (Å²) in [6, 6.07) is 26.9. The van der Waals surface area contributed by atoms with Gasteiger partial charge in [-0.05, 0) is 47.6 Å². The average Bonchev–Trinajstić information content (AvgIpc) is 2.97. The second-order valence-electron chi connectivity index (χ2n) is 8.98. The number of ether oxygens (including phenoxy) is 1. The van der Waals surface area contributed by atoms with Gasteiger partial charge in [0.15, 0.2) is 0 Å². The minimum Gasteiger partial charge on any atom is -0.410 e. The van der Waals surface area contributed by atoms with Crippen molar-refractivity contribution < 1.29 is 14.6 Å². The van der Waals surface area contributed by atoms with Gasteiger partial charge in [0.2, 0.25) is 0 Å². The molecule has 1 aliphatic rings. The summed E-state index contributed by atoms with van der Waals surface area (Å²) in [6.45, 7) is 4.42. The van der Waals surface area contributed by atoms with E-state index in [-0.39, 0.29) is 0 Å². The minimum atomic E-state index is -0.744. The van der Waals surface area contributed by atoms with Crippen molar-refractivity contribution in [3.63, 3.8) is 0 Å². The van der Waals surface area contributed by atoms with E-state index in [1.807, 2.05) is 48.5 Å². The summed E-state index contributed by atoms with van der Waals surface area (Å²) >= 11 is 0. The van der Waals surface area contributed by atoms with E-state index in [4.69, 9.17) is 4.74 Å². The van der Waals surface area contributed by atoms with Gasteiger partial charge in [0, 0.05) is 19.6 Å². The lowest BCUT2D eigenvalue weighted by Crippen LogP contribution is -2.50. The van der Waals surface area contributed by atoms with E-state index >= 15 is 0 Å². The van der Waals surface area contributed by atoms with Crippen LogP contribution in [-0.4, -0.2) is 41.3 Å². The summed E-state index contributed by atoms with van der Waals surface area (Å²) in [5.74, 6) is 0.963. The van der Waals surface area contributed by atoms with Crippen LogP contribution in [0.3, 0.4) is 0 Å². The van der Waals surface area contributed by atoms with Gasteiger partial charge in [0.1, 0.15) is 5.75 Å². The highest BCUT2D eigenvalue weighted by Crippen LogP contribution is 2.22. The first-order chi connectivity index (χ1) is 16.1. The molecule has 0 aliphatic carbocycles. The van der Waals surface area contributed by atoms with Gasteiger partial charge >= 0.3 is 6.09 Å². The Bertz CT molecular complexity index is 1030. The van der Waals surface area contributed by atoms with Crippen molar-refractivity contribution in [2.24, 2.45) is 5.92 Å². The Morgan fingerprint density at radius 3 is 2.36 bits per heavy atom. The molecule has 3 aromatic carbocycles. The monoisotopic (exact) mass is 444 g/mol. The zero-order chi connectivity index (χ0) is 23.0. The molecule has 2 N–H and O–H groups in total. The second-order valence-corrected chi connectivity index (χ2v) is 8.98. The topological polar surface area (TPSA) is 61.8 Å². The molecule has 1 aliphatic heterocycles. The molecule has 1 heterocycles. The highest BCUT2D eigenvalue weighted by atomic mass is 16.6. The number of β-amino-alcohol motifs (C(OH)–C–C–N with tert-alkyl or cyclic N) is 1. The zero-order valence-corrected chi connectivity index (χ0v) is 19.1. The van der Waals surface area contributed by atoms with Crippen LogP contribution in [0.15, 0.2) is 84.9 Å². The molecule has 0 radical (unpaired) electrons. The van der Waals surface area contributed by atoms with E-state index in [0.29, 0.717) is 24.6 Å². The maximum absolute atomic E-state index is 12.6. The molecule has 5 heteroatoms. The number of aliphatic hydroxyl groups is 1. The molecule has 5 nitrogen and oxygen atoms in total. The molecule has 0 bridgehead atoms. The van der Waals surface area contributed by atoms with Crippen LogP contribution in [0.4, 0.5) is 4.79 Å². The maximum atomic E-state index is 12.6. The van der Waals surface area contributed by atoms with E-state index in [2.05, 4.69) is 41.4 Å². The third-order valence-corrected chi connectivity index (χ3v) is 6.12. The Kier molecular flexibility index (Phi) is 7.76. The number of aliphatic hydroxyl groups excluding tert-OH is 1. The number of benzene rings is 3. The van der Waals surface area contributed by atoms with Gasteiger partial charge in [0.05, 0.1) is 12.1 Å². The van der Waals surface area contributed by atoms with Crippen LogP contribution in [0.2, 0.25) is 0 Å². The van der Waals surface area contributed by atoms with Crippen LogP contribution >= 0.6 is 0 Å². The summed E-state index contributed by atoms with van der Waals surface area (Å²) in [4.78, 5) is 14.9. The predicted octanol–water partition coefficient (Wildman–Crippen LogP) is 4.44. The number of rotatable bonds is 7. The molecule has 0 saturated heterocycles. The summed E-state index contributed by atoms with van der Waals surface area (Å²) < 4.78 is 5.43. The molecule has 3 aromatic rings. The number of hydrogen-bond acceptors (Lipinski definition) is 4. The number of nitrogens with one attached hydrogen (secondary N) is 1. The number of hydrogen-bond donors (Lipinski definition) is 2. The highest BCUT2D eigenvalue weighted by Gasteiger charge is 2.27. The SMILES string of the molecule is C[C@H]1Cc2ccccc2CN(C[C@@H](O)[C@H](Cc2ccccc2)NC(=O)Oc2ccccc2)C1. The largest absolute Gasteiger partial charge is 0.412 e. The van der Waals surface area contributed by atoms with Gasteiger partial charge in [-0.25, -0.2) is 4.79 Å². The van der Waals surface area contributed by atoms with Crippen molar-refractivity contribution in [1.82, 2.24) is 10.2 Å². The highest BCUT2D eigenvalue weighted by molar-refractivity contribution is 5.70. The Morgan fingerprint density at radius 2 is 1.64 bits per heavy atom. The van der Waals surface area contributed by atoms with Gasteiger partial charge in [-0.3, -0.25) is 4.90 Å². The zero-order valence-electron chi connectivity index (χ0n) is 19.1. The third kappa shape index (κ3) is 6.67. The van der Waals surface area contributed by atoms with Crippen LogP contribution in [0, 0.1) is 5.92 Å². The minimum absolute atomic E-state index is 0.473. The summed E-state index contributed by atoms with van der Waals surface area (Å²) in [5.41, 5.74) is 3.74. The van der Waals surface area contributed by atoms with E-state index in [0.717, 1.165) is 25.1 Å². The van der Waals surface area contributed by atoms with E-state index in [9.17, 15) is 9.90 Å². The molecular weight excluding hydrogens is 412 g/mol. The average molecular weight is 445 g/mol. The van der Waals surface area contributed by atoms with Crippen molar-refractivity contribution in [2.75, 3.05) is 13.1 Å². The first-order valence-corrected chi connectivity index (χ1v) is 11.6. The molecule has 0 fully saturated rings. The smallest absolute Gasteiger partial charge is 0.410 e. The molecule has 0 unspecified atom stereocenters. The first kappa shape index (κ1) is 23.0. The standard InChI is InChI=1S/C28H32N2O3/c1-21-16-23-12-8-9-13-24(23)19-30(18-21)20-27(31)26(17-22-10-4-2-5-11-22)29-28(32)33-25-14-6-3-7-15-25/h2-15,21,26-27,31H,16-20H2,1H3,(H,29,32)/t21-,26-,27+/m0/s1. The van der Waals surface area contributed by atoms with Gasteiger partial charge in [-0.2, -0.15) is 0 Å². The Labute approximate surface area is 196 Å². The number of nitrogens with zero attached hydrogens (tertiary/aromatic N) is 1. The molecule has 0 saturated carbocycles. The van der Waals surface area contributed by atoms with Crippen molar-refractivity contribution in [1.29, 1.82) is 0 Å². The lowest BCUT2D eigenvalue weighted by molar-refractivity contribution is 0.0711. The van der Waals surface area contributed by atoms with Crippen molar-refractivity contribution in [3.8, 4) is 5.75 Å². The lowest BCUT2D eigenvalue weighted by atomic mass is 9.99. The first-order valence-electron chi connectivity index (χ1n) is 11.6. The molecular formula is C28H32N2O3. The maximum Gasteiger partial charge on any atom is 0.412 e. The molecule has 4 rings (SSSR count). The van der Waals surface area contributed by atoms with Gasteiger partial charge in [0.25, 0.3) is 0 Å². The number of carbonyl (C=O) groups is 1. The van der Waals surface area contributed by atoms with Gasteiger partial charge < -0.3 is 15.2 Å². The van der Waals surface area contributed by atoms with Crippen LogP contribution < -0.4 is 10.1 Å². The van der Waals surface area contributed by atoms with E-state index < -0.39 is 18.2 Å². The predicted molar refractivity (Wildman–Crippen MR) is 130 cm³/mol. The Balaban J connectivity index is 1.46. The van der Waals surface area contributed by atoms with Gasteiger partial charge in [-0.15, -0.1) is 0 Å². The Morgan fingerprint density at radius 1 is 1.00 bits per heavy atom. The third-order valence-electron chi connectivity index (χ3n) is 6.12. The summed E-state index contributed by atoms with van der Waals surface area (Å²) in [7, 11) is 0. The van der Waals surface area contributed by atoms with Crippen molar-refractivity contribution >= 4 is 6.09 Å². The number of fused-ring (bicyclic) bond motifs is 1. The molecule has 0 aromatic heterocycles. The number of para-hydroxylation sites is 1. The fourth-order valence-electron chi connectivity index (χ4n) is 4.56. The van der Waals surface area contributed by atoms with Crippen LogP contribution in [-0.2, 0) is 19.4 Å². The van der Waals surface area contributed by atoms with Crippen molar-refractivity contribution in [2.45, 2.75) is 38.5 Å². The van der Waals surface area contributed by atoms with E-state index in [1.54, 1.807) is 12.1 Å². The van der Waals surface area contributed by atoms with Crippen LogP contribution in [0.5, 0.6) is 5.75 Å². The lowest BCUT2D eigenvalue weighted by Gasteiger charge is -2.30. The molecule has 33 heavy (non-hydrogen) atoms. The fourth-order valence-corrected chi connectivity index (χ4v) is 4.56. The van der Waals surface area contributed by atoms with Gasteiger partial charge in [-0.1, -0.05) is 79.7 Å². The summed E-state index contributed by atoms with van der Waals surface area (Å²) in [6.07, 6.45) is 0.255. The molecule has 0 spiro atoms. The number of amides is 1.